The van der Waals surface area contributed by atoms with Gasteiger partial charge in [0, 0.05) is 50.1 Å². The quantitative estimate of drug-likeness (QED) is 0.314. The highest BCUT2D eigenvalue weighted by molar-refractivity contribution is 6.33. The molecule has 3 aromatic carbocycles. The molecule has 1 fully saturated rings. The van der Waals surface area contributed by atoms with Gasteiger partial charge in [0.1, 0.15) is 11.2 Å². The van der Waals surface area contributed by atoms with Crippen molar-refractivity contribution in [2.75, 3.05) is 38.2 Å². The molecule has 0 saturated carbocycles. The van der Waals surface area contributed by atoms with E-state index in [9.17, 15) is 10.1 Å². The van der Waals surface area contributed by atoms with Gasteiger partial charge in [0.25, 0.3) is 0 Å². The molecule has 1 aliphatic rings. The minimum absolute atomic E-state index is 0.190. The number of fused-ring (bicyclic) bond motifs is 1. The largest absolute Gasteiger partial charge is 0.496 e. The minimum Gasteiger partial charge on any atom is -0.496 e. The first-order chi connectivity index (χ1) is 18.5. The van der Waals surface area contributed by atoms with Crippen LogP contribution in [-0.2, 0) is 4.79 Å². The first-order valence-corrected chi connectivity index (χ1v) is 13.0. The van der Waals surface area contributed by atoms with E-state index < -0.39 is 11.3 Å². The molecule has 192 valence electrons. The lowest BCUT2D eigenvalue weighted by Crippen LogP contribution is -2.54. The summed E-state index contributed by atoms with van der Waals surface area (Å²) in [5, 5.41) is 13.4. The summed E-state index contributed by atoms with van der Waals surface area (Å²) in [6, 6.07) is 26.1. The molecule has 0 radical (unpaired) electrons. The van der Waals surface area contributed by atoms with Crippen LogP contribution >= 0.6 is 11.6 Å². The van der Waals surface area contributed by atoms with Crippen LogP contribution in [0.15, 0.2) is 85.2 Å². The highest BCUT2D eigenvalue weighted by atomic mass is 35.5. The normalized spacial score (nSPS) is 15.9. The Hall–Kier alpha value is -4.08. The van der Waals surface area contributed by atoms with Crippen LogP contribution in [0.25, 0.3) is 10.8 Å². The lowest BCUT2D eigenvalue weighted by molar-refractivity contribution is -0.139. The number of piperazine rings is 1. The van der Waals surface area contributed by atoms with Gasteiger partial charge in [-0.25, -0.2) is 0 Å². The van der Waals surface area contributed by atoms with E-state index in [0.717, 1.165) is 27.6 Å². The van der Waals surface area contributed by atoms with E-state index in [1.807, 2.05) is 77.7 Å². The fourth-order valence-electron chi connectivity index (χ4n) is 5.54. The van der Waals surface area contributed by atoms with Crippen molar-refractivity contribution in [2.24, 2.45) is 5.41 Å². The van der Waals surface area contributed by atoms with Gasteiger partial charge in [0.05, 0.1) is 23.9 Å². The van der Waals surface area contributed by atoms with E-state index in [-0.39, 0.29) is 5.91 Å². The van der Waals surface area contributed by atoms with E-state index >= 15 is 0 Å². The zero-order valence-electron chi connectivity index (χ0n) is 21.5. The average molecular weight is 525 g/mol. The SMILES string of the molecule is COc1ccccc1C(c1cccc2ccccc12)C(C)(C#N)C(=O)N1CCN(c2ccncc2Cl)CC1. The fraction of sp³-hybridized carbons (Fsp3) is 0.258. The number of pyridine rings is 1. The summed E-state index contributed by atoms with van der Waals surface area (Å²) >= 11 is 6.37. The molecule has 1 aliphatic heterocycles. The first-order valence-electron chi connectivity index (χ1n) is 12.6. The maximum absolute atomic E-state index is 14.3. The Morgan fingerprint density at radius 2 is 1.68 bits per heavy atom. The summed E-state index contributed by atoms with van der Waals surface area (Å²) < 4.78 is 5.74. The summed E-state index contributed by atoms with van der Waals surface area (Å²) in [6.07, 6.45) is 3.34. The van der Waals surface area contributed by atoms with Crippen molar-refractivity contribution in [1.29, 1.82) is 5.26 Å². The highest BCUT2D eigenvalue weighted by Gasteiger charge is 2.47. The van der Waals surface area contributed by atoms with Crippen LogP contribution in [0.5, 0.6) is 5.75 Å². The maximum atomic E-state index is 14.3. The zero-order valence-corrected chi connectivity index (χ0v) is 22.2. The number of halogens is 1. The highest BCUT2D eigenvalue weighted by Crippen LogP contribution is 2.47. The predicted octanol–water partition coefficient (Wildman–Crippen LogP) is 5.91. The molecule has 0 N–H and O–H groups in total. The van der Waals surface area contributed by atoms with Gasteiger partial charge in [-0.1, -0.05) is 72.3 Å². The number of methoxy groups -OCH3 is 1. The molecule has 1 saturated heterocycles. The van der Waals surface area contributed by atoms with Crippen molar-refractivity contribution in [3.05, 3.63) is 101 Å². The Balaban J connectivity index is 1.55. The Kier molecular flexibility index (Phi) is 7.22. The molecule has 2 unspecified atom stereocenters. The molecule has 1 aromatic heterocycles. The third kappa shape index (κ3) is 4.55. The van der Waals surface area contributed by atoms with Crippen molar-refractivity contribution in [1.82, 2.24) is 9.88 Å². The molecule has 1 amide bonds. The van der Waals surface area contributed by atoms with Gasteiger partial charge in [-0.2, -0.15) is 5.26 Å². The molecule has 0 spiro atoms. The Morgan fingerprint density at radius 3 is 2.42 bits per heavy atom. The monoisotopic (exact) mass is 524 g/mol. The van der Waals surface area contributed by atoms with E-state index in [0.29, 0.717) is 37.0 Å². The number of carbonyl (C=O) groups is 1. The topological polar surface area (TPSA) is 69.5 Å². The summed E-state index contributed by atoms with van der Waals surface area (Å²) in [5.74, 6) is -0.0869. The Labute approximate surface area is 228 Å². The van der Waals surface area contributed by atoms with Crippen LogP contribution in [0.1, 0.15) is 24.0 Å². The van der Waals surface area contributed by atoms with Crippen molar-refractivity contribution < 1.29 is 9.53 Å². The molecule has 2 heterocycles. The second kappa shape index (κ2) is 10.7. The summed E-state index contributed by atoms with van der Waals surface area (Å²) in [6.45, 7) is 3.97. The molecule has 0 aliphatic carbocycles. The van der Waals surface area contributed by atoms with Crippen molar-refractivity contribution >= 4 is 34.0 Å². The Morgan fingerprint density at radius 1 is 1.00 bits per heavy atom. The van der Waals surface area contributed by atoms with Gasteiger partial charge >= 0.3 is 0 Å². The molecular formula is C31H29ClN4O2. The average Bonchev–Trinajstić information content (AvgIpc) is 2.97. The van der Waals surface area contributed by atoms with Crippen LogP contribution in [0.3, 0.4) is 0 Å². The van der Waals surface area contributed by atoms with Gasteiger partial charge in [-0.05, 0) is 35.4 Å². The second-order valence-corrected chi connectivity index (χ2v) is 10.1. The van der Waals surface area contributed by atoms with Crippen LogP contribution in [0.2, 0.25) is 5.02 Å². The van der Waals surface area contributed by atoms with Crippen molar-refractivity contribution in [2.45, 2.75) is 12.8 Å². The number of hydrogen-bond donors (Lipinski definition) is 0. The number of ether oxygens (including phenoxy) is 1. The number of hydrogen-bond acceptors (Lipinski definition) is 5. The standard InChI is InChI=1S/C31H29ClN4O2/c1-31(21-33,30(37)36-18-16-35(17-19-36)27-14-15-34-20-26(27)32)29(25-11-5-6-13-28(25)38-2)24-12-7-9-22-8-3-4-10-23(22)24/h3-15,20,29H,16-19H2,1-2H3. The molecule has 0 bridgehead atoms. The molecule has 5 rings (SSSR count). The van der Waals surface area contributed by atoms with Crippen LogP contribution in [0, 0.1) is 16.7 Å². The van der Waals surface area contributed by atoms with Crippen molar-refractivity contribution in [3.63, 3.8) is 0 Å². The summed E-state index contributed by atoms with van der Waals surface area (Å²) in [4.78, 5) is 22.3. The third-order valence-corrected chi connectivity index (χ3v) is 7.79. The first kappa shape index (κ1) is 25.6. The van der Waals surface area contributed by atoms with E-state index in [1.165, 1.54) is 0 Å². The summed E-state index contributed by atoms with van der Waals surface area (Å²) in [5.41, 5.74) is 1.26. The Bertz CT molecular complexity index is 1500. The molecule has 6 nitrogen and oxygen atoms in total. The van der Waals surface area contributed by atoms with Gasteiger partial charge in [0.2, 0.25) is 5.91 Å². The summed E-state index contributed by atoms with van der Waals surface area (Å²) in [7, 11) is 1.62. The lowest BCUT2D eigenvalue weighted by Gasteiger charge is -2.41. The van der Waals surface area contributed by atoms with E-state index in [2.05, 4.69) is 16.0 Å². The van der Waals surface area contributed by atoms with Gasteiger partial charge in [-0.15, -0.1) is 0 Å². The van der Waals surface area contributed by atoms with Crippen LogP contribution in [-0.4, -0.2) is 49.1 Å². The van der Waals surface area contributed by atoms with E-state index in [4.69, 9.17) is 16.3 Å². The molecule has 38 heavy (non-hydrogen) atoms. The molecule has 4 aromatic rings. The number of nitriles is 1. The number of para-hydroxylation sites is 1. The zero-order chi connectivity index (χ0) is 26.7. The fourth-order valence-corrected chi connectivity index (χ4v) is 5.77. The van der Waals surface area contributed by atoms with E-state index in [1.54, 1.807) is 26.4 Å². The van der Waals surface area contributed by atoms with Crippen LogP contribution < -0.4 is 9.64 Å². The molecule has 7 heteroatoms. The number of nitrogens with zero attached hydrogens (tertiary/aromatic N) is 4. The van der Waals surface area contributed by atoms with Crippen LogP contribution in [0.4, 0.5) is 5.69 Å². The number of carbonyl (C=O) groups excluding carboxylic acids is 1. The number of aromatic nitrogens is 1. The maximum Gasteiger partial charge on any atom is 0.243 e. The van der Waals surface area contributed by atoms with Crippen molar-refractivity contribution in [3.8, 4) is 11.8 Å². The smallest absolute Gasteiger partial charge is 0.243 e. The minimum atomic E-state index is -1.38. The number of anilines is 1. The molecule has 2 atom stereocenters. The number of amides is 1. The lowest BCUT2D eigenvalue weighted by atomic mass is 9.68. The third-order valence-electron chi connectivity index (χ3n) is 7.50. The van der Waals surface area contributed by atoms with Gasteiger partial charge in [-0.3, -0.25) is 9.78 Å². The van der Waals surface area contributed by atoms with Gasteiger partial charge < -0.3 is 14.5 Å². The number of benzene rings is 3. The number of rotatable bonds is 6. The van der Waals surface area contributed by atoms with Gasteiger partial charge in [0.15, 0.2) is 0 Å². The second-order valence-electron chi connectivity index (χ2n) is 9.66. The predicted molar refractivity (Wildman–Crippen MR) is 151 cm³/mol. The molecular weight excluding hydrogens is 496 g/mol.